The third kappa shape index (κ3) is 4.04. The van der Waals surface area contributed by atoms with Crippen LogP contribution in [0.3, 0.4) is 0 Å². The van der Waals surface area contributed by atoms with E-state index in [0.29, 0.717) is 6.61 Å². The first-order chi connectivity index (χ1) is 9.19. The highest BCUT2D eigenvalue weighted by Gasteiger charge is 2.02. The summed E-state index contributed by atoms with van der Waals surface area (Å²) in [4.78, 5) is 4.16. The number of ether oxygens (including phenoxy) is 1. The Balaban J connectivity index is 2.05. The summed E-state index contributed by atoms with van der Waals surface area (Å²) in [5, 5.41) is 3.14. The summed E-state index contributed by atoms with van der Waals surface area (Å²) in [6.45, 7) is 3.38. The first-order valence-electron chi connectivity index (χ1n) is 6.15. The second kappa shape index (κ2) is 6.68. The minimum Gasteiger partial charge on any atom is -0.489 e. The monoisotopic (exact) mass is 320 g/mol. The van der Waals surface area contributed by atoms with Gasteiger partial charge in [0.15, 0.2) is 0 Å². The maximum Gasteiger partial charge on any atom is 0.120 e. The van der Waals surface area contributed by atoms with Crippen LogP contribution >= 0.6 is 15.9 Å². The largest absolute Gasteiger partial charge is 0.489 e. The minimum absolute atomic E-state index is 0.537. The van der Waals surface area contributed by atoms with Gasteiger partial charge in [0.2, 0.25) is 0 Å². The molecule has 1 aromatic carbocycles. The van der Waals surface area contributed by atoms with E-state index in [0.717, 1.165) is 27.9 Å². The van der Waals surface area contributed by atoms with Gasteiger partial charge in [0, 0.05) is 29.0 Å². The summed E-state index contributed by atoms with van der Waals surface area (Å²) in [5.41, 5.74) is 3.41. The molecule has 0 aliphatic heterocycles. The molecule has 0 aliphatic rings. The first kappa shape index (κ1) is 14.0. The van der Waals surface area contributed by atoms with Crippen LogP contribution in [0.4, 0.5) is 0 Å². The summed E-state index contributed by atoms with van der Waals surface area (Å²) >= 11 is 3.53. The Kier molecular flexibility index (Phi) is 4.93. The zero-order valence-corrected chi connectivity index (χ0v) is 12.7. The molecule has 100 valence electrons. The molecule has 2 rings (SSSR count). The normalized spacial score (nSPS) is 10.5. The van der Waals surface area contributed by atoms with Gasteiger partial charge >= 0.3 is 0 Å². The highest BCUT2D eigenvalue weighted by atomic mass is 79.9. The molecule has 19 heavy (non-hydrogen) atoms. The molecule has 2 aromatic rings. The maximum atomic E-state index is 5.80. The molecule has 0 saturated carbocycles. The number of aryl methyl sites for hydroxylation is 1. The van der Waals surface area contributed by atoms with Crippen molar-refractivity contribution in [2.45, 2.75) is 20.1 Å². The lowest BCUT2D eigenvalue weighted by Gasteiger charge is -2.10. The van der Waals surface area contributed by atoms with Crippen LogP contribution in [0, 0.1) is 6.92 Å². The Bertz CT molecular complexity index is 558. The molecule has 3 nitrogen and oxygen atoms in total. The minimum atomic E-state index is 0.537. The molecule has 0 spiro atoms. The zero-order chi connectivity index (χ0) is 13.7. The van der Waals surface area contributed by atoms with Gasteiger partial charge in [-0.3, -0.25) is 4.98 Å². The number of halogens is 1. The molecule has 0 atom stereocenters. The van der Waals surface area contributed by atoms with Gasteiger partial charge in [-0.1, -0.05) is 15.9 Å². The van der Waals surface area contributed by atoms with Crippen molar-refractivity contribution in [3.8, 4) is 5.75 Å². The maximum absolute atomic E-state index is 5.80. The third-order valence-corrected chi connectivity index (χ3v) is 3.50. The first-order valence-corrected chi connectivity index (χ1v) is 6.94. The number of benzene rings is 1. The number of pyridine rings is 1. The van der Waals surface area contributed by atoms with Crippen molar-refractivity contribution in [2.75, 3.05) is 7.05 Å². The smallest absolute Gasteiger partial charge is 0.120 e. The fraction of sp³-hybridized carbons (Fsp3) is 0.267. The second-order valence-electron chi connectivity index (χ2n) is 4.44. The number of nitrogens with one attached hydrogen (secondary N) is 1. The number of hydrogen-bond donors (Lipinski definition) is 1. The summed E-state index contributed by atoms with van der Waals surface area (Å²) in [7, 11) is 1.93. The van der Waals surface area contributed by atoms with Crippen molar-refractivity contribution < 1.29 is 4.74 Å². The fourth-order valence-electron chi connectivity index (χ4n) is 1.83. The molecule has 0 unspecified atom stereocenters. The van der Waals surface area contributed by atoms with E-state index in [1.54, 1.807) is 0 Å². The Labute approximate surface area is 122 Å². The Hall–Kier alpha value is -1.39. The van der Waals surface area contributed by atoms with Crippen molar-refractivity contribution >= 4 is 15.9 Å². The predicted molar refractivity (Wildman–Crippen MR) is 80.2 cm³/mol. The third-order valence-electron chi connectivity index (χ3n) is 2.72. The van der Waals surface area contributed by atoms with Crippen molar-refractivity contribution in [2.24, 2.45) is 0 Å². The van der Waals surface area contributed by atoms with Gasteiger partial charge < -0.3 is 10.1 Å². The summed E-state index contributed by atoms with van der Waals surface area (Å²) in [6.07, 6.45) is 3.68. The lowest BCUT2D eigenvalue weighted by molar-refractivity contribution is 0.305. The number of nitrogens with zero attached hydrogens (tertiary/aromatic N) is 1. The van der Waals surface area contributed by atoms with Gasteiger partial charge in [0.1, 0.15) is 12.4 Å². The summed E-state index contributed by atoms with van der Waals surface area (Å²) in [5.74, 6) is 0.870. The molecule has 1 aromatic heterocycles. The van der Waals surface area contributed by atoms with Crippen LogP contribution in [-0.2, 0) is 13.2 Å². The van der Waals surface area contributed by atoms with Crippen LogP contribution in [0.5, 0.6) is 5.75 Å². The van der Waals surface area contributed by atoms with Gasteiger partial charge in [0.25, 0.3) is 0 Å². The van der Waals surface area contributed by atoms with E-state index in [1.165, 1.54) is 5.56 Å². The van der Waals surface area contributed by atoms with Gasteiger partial charge in [-0.25, -0.2) is 0 Å². The molecule has 0 radical (unpaired) electrons. The summed E-state index contributed by atoms with van der Waals surface area (Å²) < 4.78 is 6.89. The highest BCUT2D eigenvalue weighted by Crippen LogP contribution is 2.23. The Morgan fingerprint density at radius 3 is 2.84 bits per heavy atom. The highest BCUT2D eigenvalue weighted by molar-refractivity contribution is 9.10. The van der Waals surface area contributed by atoms with E-state index in [1.807, 2.05) is 44.6 Å². The second-order valence-corrected chi connectivity index (χ2v) is 5.30. The average Bonchev–Trinajstić information content (AvgIpc) is 2.40. The lowest BCUT2D eigenvalue weighted by atomic mass is 10.2. The van der Waals surface area contributed by atoms with Crippen LogP contribution in [0.2, 0.25) is 0 Å². The average molecular weight is 321 g/mol. The molecule has 1 heterocycles. The fourth-order valence-corrected chi connectivity index (χ4v) is 2.22. The predicted octanol–water partition coefficient (Wildman–Crippen LogP) is 3.45. The molecular formula is C15H17BrN2O. The molecular weight excluding hydrogens is 304 g/mol. The van der Waals surface area contributed by atoms with E-state index < -0.39 is 0 Å². The number of rotatable bonds is 5. The molecule has 4 heteroatoms. The van der Waals surface area contributed by atoms with Gasteiger partial charge in [0.05, 0.1) is 0 Å². The molecule has 1 N–H and O–H groups in total. The lowest BCUT2D eigenvalue weighted by Crippen LogP contribution is -2.06. The SMILES string of the molecule is CNCc1cc(OCc2cncc(C)c2)ccc1Br. The van der Waals surface area contributed by atoms with Crippen LogP contribution in [-0.4, -0.2) is 12.0 Å². The quantitative estimate of drug-likeness (QED) is 0.916. The standard InChI is InChI=1S/C15H17BrN2O/c1-11-5-12(8-18-7-11)10-19-14-3-4-15(16)13(6-14)9-17-2/h3-8,17H,9-10H2,1-2H3. The Morgan fingerprint density at radius 2 is 2.11 bits per heavy atom. The number of aromatic nitrogens is 1. The van der Waals surface area contributed by atoms with Crippen LogP contribution < -0.4 is 10.1 Å². The topological polar surface area (TPSA) is 34.1 Å². The van der Waals surface area contributed by atoms with Crippen molar-refractivity contribution in [1.29, 1.82) is 0 Å². The van der Waals surface area contributed by atoms with Crippen LogP contribution in [0.15, 0.2) is 41.1 Å². The Morgan fingerprint density at radius 1 is 1.26 bits per heavy atom. The van der Waals surface area contributed by atoms with Crippen molar-refractivity contribution in [3.05, 3.63) is 57.8 Å². The summed E-state index contributed by atoms with van der Waals surface area (Å²) in [6, 6.07) is 8.10. The zero-order valence-electron chi connectivity index (χ0n) is 11.1. The molecule has 0 saturated heterocycles. The van der Waals surface area contributed by atoms with E-state index in [2.05, 4.69) is 32.3 Å². The van der Waals surface area contributed by atoms with Gasteiger partial charge in [-0.2, -0.15) is 0 Å². The molecule has 0 fully saturated rings. The van der Waals surface area contributed by atoms with Gasteiger partial charge in [-0.05, 0) is 49.4 Å². The van der Waals surface area contributed by atoms with Gasteiger partial charge in [-0.15, -0.1) is 0 Å². The molecule has 0 amide bonds. The van der Waals surface area contributed by atoms with Crippen LogP contribution in [0.1, 0.15) is 16.7 Å². The van der Waals surface area contributed by atoms with Crippen molar-refractivity contribution in [1.82, 2.24) is 10.3 Å². The van der Waals surface area contributed by atoms with Crippen LogP contribution in [0.25, 0.3) is 0 Å². The van der Waals surface area contributed by atoms with E-state index in [4.69, 9.17) is 4.74 Å². The number of hydrogen-bond acceptors (Lipinski definition) is 3. The molecule has 0 aliphatic carbocycles. The van der Waals surface area contributed by atoms with Crippen molar-refractivity contribution in [3.63, 3.8) is 0 Å². The van der Waals surface area contributed by atoms with E-state index in [9.17, 15) is 0 Å². The van der Waals surface area contributed by atoms with E-state index in [-0.39, 0.29) is 0 Å². The molecule has 0 bridgehead atoms. The van der Waals surface area contributed by atoms with E-state index >= 15 is 0 Å².